The van der Waals surface area contributed by atoms with E-state index in [1.165, 1.54) is 4.90 Å². The van der Waals surface area contributed by atoms with Gasteiger partial charge in [0.1, 0.15) is 11.4 Å². The first kappa shape index (κ1) is 23.5. The molecule has 0 bridgehead atoms. The Balaban J connectivity index is 1.42. The van der Waals surface area contributed by atoms with Crippen molar-refractivity contribution >= 4 is 17.9 Å². The van der Waals surface area contributed by atoms with Crippen LogP contribution in [-0.2, 0) is 4.74 Å². The number of thioether (sulfide) groups is 1. The first-order chi connectivity index (χ1) is 14.8. The first-order valence-corrected chi connectivity index (χ1v) is 11.9. The van der Waals surface area contributed by atoms with Crippen molar-refractivity contribution in [3.8, 4) is 5.75 Å². The summed E-state index contributed by atoms with van der Waals surface area (Å²) in [5, 5.41) is 10.6. The number of hydrogen-bond acceptors (Lipinski definition) is 5. The summed E-state index contributed by atoms with van der Waals surface area (Å²) in [5.74, 6) is 1.87. The lowest BCUT2D eigenvalue weighted by Crippen LogP contribution is -2.47. The van der Waals surface area contributed by atoms with E-state index < -0.39 is 11.7 Å². The Morgan fingerprint density at radius 2 is 1.84 bits per heavy atom. The molecule has 1 amide bonds. The van der Waals surface area contributed by atoms with Gasteiger partial charge in [-0.15, -0.1) is 11.8 Å². The molecule has 1 N–H and O–H groups in total. The Labute approximate surface area is 189 Å². The largest absolute Gasteiger partial charge is 0.494 e. The van der Waals surface area contributed by atoms with Crippen LogP contribution in [0.25, 0.3) is 0 Å². The van der Waals surface area contributed by atoms with Gasteiger partial charge in [-0.1, -0.05) is 30.3 Å². The van der Waals surface area contributed by atoms with Crippen LogP contribution in [0.4, 0.5) is 4.79 Å². The summed E-state index contributed by atoms with van der Waals surface area (Å²) in [5.41, 5.74) is 0.540. The summed E-state index contributed by atoms with van der Waals surface area (Å²) in [6, 6.07) is 18.3. The van der Waals surface area contributed by atoms with Crippen molar-refractivity contribution < 1.29 is 19.4 Å². The molecule has 5 nitrogen and oxygen atoms in total. The molecule has 0 aromatic heterocycles. The molecule has 0 radical (unpaired) electrons. The highest BCUT2D eigenvalue weighted by atomic mass is 32.2. The van der Waals surface area contributed by atoms with E-state index in [0.29, 0.717) is 19.6 Å². The molecule has 2 aromatic rings. The van der Waals surface area contributed by atoms with E-state index in [4.69, 9.17) is 9.47 Å². The van der Waals surface area contributed by atoms with Gasteiger partial charge in [0.25, 0.3) is 0 Å². The molecule has 0 saturated carbocycles. The van der Waals surface area contributed by atoms with Gasteiger partial charge in [0.15, 0.2) is 0 Å². The Bertz CT molecular complexity index is 820. The molecule has 3 rings (SSSR count). The second-order valence-electron chi connectivity index (χ2n) is 8.82. The number of benzene rings is 2. The maximum absolute atomic E-state index is 12.2. The number of aliphatic hydroxyl groups is 1. The van der Waals surface area contributed by atoms with Crippen molar-refractivity contribution in [1.29, 1.82) is 0 Å². The molecule has 31 heavy (non-hydrogen) atoms. The topological polar surface area (TPSA) is 59.0 Å². The maximum atomic E-state index is 12.2. The third-order valence-electron chi connectivity index (χ3n) is 5.11. The van der Waals surface area contributed by atoms with Crippen LogP contribution in [0, 0.1) is 0 Å². The number of aliphatic hydroxyl groups excluding tert-OH is 1. The van der Waals surface area contributed by atoms with Crippen LogP contribution in [-0.4, -0.2) is 53.3 Å². The molecule has 2 unspecified atom stereocenters. The Morgan fingerprint density at radius 1 is 1.13 bits per heavy atom. The van der Waals surface area contributed by atoms with Crippen LogP contribution in [0.1, 0.15) is 45.1 Å². The summed E-state index contributed by atoms with van der Waals surface area (Å²) in [6.07, 6.45) is 0.711. The molecule has 2 atom stereocenters. The van der Waals surface area contributed by atoms with Crippen molar-refractivity contribution in [3.63, 3.8) is 0 Å². The van der Waals surface area contributed by atoms with Gasteiger partial charge in [0, 0.05) is 23.1 Å². The van der Waals surface area contributed by atoms with Crippen molar-refractivity contribution in [2.75, 3.05) is 25.4 Å². The minimum atomic E-state index is -0.608. The zero-order chi connectivity index (χ0) is 22.3. The molecule has 1 saturated heterocycles. The molecule has 168 valence electrons. The van der Waals surface area contributed by atoms with E-state index in [9.17, 15) is 9.90 Å². The van der Waals surface area contributed by atoms with Crippen molar-refractivity contribution in [2.45, 2.75) is 56.1 Å². The van der Waals surface area contributed by atoms with Gasteiger partial charge in [-0.05, 0) is 63.4 Å². The lowest BCUT2D eigenvalue weighted by atomic mass is 9.87. The summed E-state index contributed by atoms with van der Waals surface area (Å²) >= 11 is 1.84. The number of nitrogens with zero attached hydrogens (tertiary/aromatic N) is 1. The average Bonchev–Trinajstić information content (AvgIpc) is 2.73. The van der Waals surface area contributed by atoms with Crippen LogP contribution in [0.5, 0.6) is 5.75 Å². The van der Waals surface area contributed by atoms with Gasteiger partial charge >= 0.3 is 6.09 Å². The first-order valence-electron chi connectivity index (χ1n) is 10.9. The highest BCUT2D eigenvalue weighted by molar-refractivity contribution is 7.99. The fourth-order valence-electron chi connectivity index (χ4n) is 3.58. The highest BCUT2D eigenvalue weighted by Crippen LogP contribution is 2.30. The lowest BCUT2D eigenvalue weighted by Gasteiger charge is -2.36. The number of carbonyl (C=O) groups is 1. The fourth-order valence-corrected chi connectivity index (χ4v) is 4.43. The lowest BCUT2D eigenvalue weighted by molar-refractivity contribution is -0.00152. The van der Waals surface area contributed by atoms with Gasteiger partial charge in [-0.3, -0.25) is 0 Å². The highest BCUT2D eigenvalue weighted by Gasteiger charge is 2.33. The summed E-state index contributed by atoms with van der Waals surface area (Å²) in [7, 11) is 0. The summed E-state index contributed by atoms with van der Waals surface area (Å²) < 4.78 is 11.3. The number of piperidine rings is 1. The van der Waals surface area contributed by atoms with Gasteiger partial charge in [-0.2, -0.15) is 0 Å². The van der Waals surface area contributed by atoms with Crippen molar-refractivity contribution in [2.24, 2.45) is 0 Å². The Morgan fingerprint density at radius 3 is 2.48 bits per heavy atom. The fraction of sp³-hybridized carbons (Fsp3) is 0.480. The van der Waals surface area contributed by atoms with Crippen LogP contribution in [0.2, 0.25) is 0 Å². The zero-order valence-corrected chi connectivity index (χ0v) is 19.4. The average molecular weight is 444 g/mol. The van der Waals surface area contributed by atoms with Gasteiger partial charge in [0.2, 0.25) is 0 Å². The van der Waals surface area contributed by atoms with Crippen LogP contribution < -0.4 is 4.74 Å². The standard InChI is InChI=1S/C25H33NO4S/c1-25(2,3)30-24(28)26-15-14-22(23(27)18-26)19-10-12-20(13-11-19)29-16-7-17-31-21-8-5-4-6-9-21/h4-6,8-13,22-23,27H,7,14-18H2,1-3H3. The SMILES string of the molecule is CC(C)(C)OC(=O)N1CCC(c2ccc(OCCCSc3ccccc3)cc2)C(O)C1. The van der Waals surface area contributed by atoms with E-state index in [1.807, 2.05) is 62.9 Å². The predicted octanol–water partition coefficient (Wildman–Crippen LogP) is 5.33. The molecule has 2 aromatic carbocycles. The Kier molecular flexibility index (Phi) is 8.27. The van der Waals surface area contributed by atoms with Crippen LogP contribution in [0.3, 0.4) is 0 Å². The van der Waals surface area contributed by atoms with Crippen molar-refractivity contribution in [3.05, 3.63) is 60.2 Å². The second-order valence-corrected chi connectivity index (χ2v) is 9.99. The van der Waals surface area contributed by atoms with Crippen LogP contribution >= 0.6 is 11.8 Å². The molecular weight excluding hydrogens is 410 g/mol. The molecule has 1 fully saturated rings. The number of hydrogen-bond donors (Lipinski definition) is 1. The molecule has 0 aliphatic carbocycles. The quantitative estimate of drug-likeness (QED) is 0.463. The molecule has 1 aliphatic heterocycles. The third kappa shape index (κ3) is 7.47. The zero-order valence-electron chi connectivity index (χ0n) is 18.6. The molecule has 1 heterocycles. The molecule has 6 heteroatoms. The van der Waals surface area contributed by atoms with Gasteiger partial charge in [0.05, 0.1) is 19.3 Å². The Hall–Kier alpha value is -2.18. The number of rotatable bonds is 7. The molecule has 0 spiro atoms. The van der Waals surface area contributed by atoms with E-state index in [0.717, 1.165) is 23.5 Å². The molecule has 1 aliphatic rings. The molecular formula is C25H33NO4S. The van der Waals surface area contributed by atoms with Gasteiger partial charge in [-0.25, -0.2) is 4.79 Å². The minimum Gasteiger partial charge on any atom is -0.494 e. The third-order valence-corrected chi connectivity index (χ3v) is 6.21. The maximum Gasteiger partial charge on any atom is 0.410 e. The van der Waals surface area contributed by atoms with E-state index >= 15 is 0 Å². The normalized spacial score (nSPS) is 19.2. The minimum absolute atomic E-state index is 0.00927. The monoisotopic (exact) mass is 443 g/mol. The summed E-state index contributed by atoms with van der Waals surface area (Å²) in [4.78, 5) is 15.1. The second kappa shape index (κ2) is 10.9. The summed E-state index contributed by atoms with van der Waals surface area (Å²) in [6.45, 7) is 7.08. The number of β-amino-alcohol motifs (C(OH)–C–C–N with tert-alkyl or cyclic N) is 1. The van der Waals surface area contributed by atoms with E-state index in [1.54, 1.807) is 4.90 Å². The van der Waals surface area contributed by atoms with Gasteiger partial charge < -0.3 is 19.5 Å². The van der Waals surface area contributed by atoms with Crippen LogP contribution in [0.15, 0.2) is 59.5 Å². The van der Waals surface area contributed by atoms with Crippen molar-refractivity contribution in [1.82, 2.24) is 4.90 Å². The number of likely N-dealkylation sites (tertiary alicyclic amines) is 1. The van der Waals surface area contributed by atoms with E-state index in [2.05, 4.69) is 24.3 Å². The number of amides is 1. The van der Waals surface area contributed by atoms with E-state index in [-0.39, 0.29) is 18.6 Å². The number of ether oxygens (including phenoxy) is 2. The number of carbonyl (C=O) groups excluding carboxylic acids is 1. The smallest absolute Gasteiger partial charge is 0.410 e. The predicted molar refractivity (Wildman–Crippen MR) is 125 cm³/mol.